The predicted octanol–water partition coefficient (Wildman–Crippen LogP) is 8.04. The summed E-state index contributed by atoms with van der Waals surface area (Å²) in [6, 6.07) is 19.4. The summed E-state index contributed by atoms with van der Waals surface area (Å²) >= 11 is 6.60. The third-order valence-corrected chi connectivity index (χ3v) is 8.66. The molecule has 4 aromatic rings. The van der Waals surface area contributed by atoms with Gasteiger partial charge in [-0.05, 0) is 53.3 Å². The van der Waals surface area contributed by atoms with Gasteiger partial charge in [-0.15, -0.1) is 0 Å². The van der Waals surface area contributed by atoms with Gasteiger partial charge in [-0.3, -0.25) is 14.4 Å². The molecule has 0 aliphatic carbocycles. The van der Waals surface area contributed by atoms with Gasteiger partial charge in [-0.1, -0.05) is 101 Å². The molecule has 0 unspecified atom stereocenters. The van der Waals surface area contributed by atoms with E-state index in [9.17, 15) is 14.4 Å². The number of aliphatic carboxylic acids is 1. The van der Waals surface area contributed by atoms with Crippen LogP contribution in [0.15, 0.2) is 79.1 Å². The number of nitrogens with zero attached hydrogens (tertiary/aromatic N) is 2. The Hall–Kier alpha value is -4.76. The van der Waals surface area contributed by atoms with Gasteiger partial charge in [-0.2, -0.15) is 0 Å². The molecule has 2 amide bonds. The van der Waals surface area contributed by atoms with Crippen LogP contribution in [-0.4, -0.2) is 52.1 Å². The highest BCUT2D eigenvalue weighted by atomic mass is 35.5. The number of nitrogens with one attached hydrogen (secondary N) is 2. The van der Waals surface area contributed by atoms with Gasteiger partial charge >= 0.3 is 5.97 Å². The molecule has 1 atom stereocenters. The highest BCUT2D eigenvalue weighted by Crippen LogP contribution is 2.31. The molecule has 0 saturated heterocycles. The van der Waals surface area contributed by atoms with E-state index in [2.05, 4.69) is 48.3 Å². The van der Waals surface area contributed by atoms with Crippen LogP contribution in [0.4, 0.5) is 0 Å². The van der Waals surface area contributed by atoms with Gasteiger partial charge in [-0.25, -0.2) is 9.97 Å². The molecule has 10 heteroatoms. The van der Waals surface area contributed by atoms with Crippen molar-refractivity contribution in [2.45, 2.75) is 84.1 Å². The average molecular weight is 699 g/mol. The summed E-state index contributed by atoms with van der Waals surface area (Å²) in [7, 11) is 0. The largest absolute Gasteiger partial charge is 0.494 e. The molecule has 9 nitrogen and oxygen atoms in total. The quantitative estimate of drug-likeness (QED) is 0.0952. The molecule has 0 aliphatic heterocycles. The van der Waals surface area contributed by atoms with Gasteiger partial charge in [0.1, 0.15) is 11.8 Å². The Kier molecular flexibility index (Phi) is 13.9. The summed E-state index contributed by atoms with van der Waals surface area (Å²) in [5, 5.41) is 15.0. The summed E-state index contributed by atoms with van der Waals surface area (Å²) in [5.74, 6) is -0.621. The normalized spacial score (nSPS) is 11.9. The fourth-order valence-corrected chi connectivity index (χ4v) is 5.63. The molecule has 3 aromatic carbocycles. The number of carboxylic acids is 1. The average Bonchev–Trinajstić information content (AvgIpc) is 3.09. The maximum atomic E-state index is 13.2. The van der Waals surface area contributed by atoms with Crippen LogP contribution in [0.25, 0.3) is 22.5 Å². The van der Waals surface area contributed by atoms with E-state index in [1.54, 1.807) is 24.5 Å². The molecule has 4 rings (SSSR count). The molecule has 0 fully saturated rings. The number of benzene rings is 3. The Morgan fingerprint density at radius 2 is 1.56 bits per heavy atom. The van der Waals surface area contributed by atoms with Gasteiger partial charge in [0.15, 0.2) is 5.82 Å². The number of ether oxygens (including phenoxy) is 1. The van der Waals surface area contributed by atoms with Gasteiger partial charge in [0.2, 0.25) is 5.91 Å². The number of hydrogen-bond donors (Lipinski definition) is 3. The van der Waals surface area contributed by atoms with Crippen LogP contribution in [-0.2, 0) is 21.4 Å². The summed E-state index contributed by atoms with van der Waals surface area (Å²) in [6.45, 7) is 9.10. The van der Waals surface area contributed by atoms with E-state index in [1.165, 1.54) is 19.3 Å². The molecular formula is C40H47ClN4O5. The van der Waals surface area contributed by atoms with Gasteiger partial charge < -0.3 is 20.5 Å². The summed E-state index contributed by atoms with van der Waals surface area (Å²) in [4.78, 5) is 46.4. The highest BCUT2D eigenvalue weighted by Gasteiger charge is 2.23. The first-order valence-corrected chi connectivity index (χ1v) is 17.6. The number of halogens is 1. The number of aromatic nitrogens is 2. The summed E-state index contributed by atoms with van der Waals surface area (Å²) < 4.78 is 5.88. The Morgan fingerprint density at radius 3 is 2.18 bits per heavy atom. The van der Waals surface area contributed by atoms with E-state index in [1.807, 2.05) is 54.6 Å². The lowest BCUT2D eigenvalue weighted by Crippen LogP contribution is -2.48. The Morgan fingerprint density at radius 1 is 0.880 bits per heavy atom. The topological polar surface area (TPSA) is 131 Å². The number of rotatable bonds is 17. The van der Waals surface area contributed by atoms with Crippen molar-refractivity contribution in [3.63, 3.8) is 0 Å². The molecule has 50 heavy (non-hydrogen) atoms. The fourth-order valence-electron chi connectivity index (χ4n) is 5.35. The van der Waals surface area contributed by atoms with Gasteiger partial charge in [0.25, 0.3) is 5.91 Å². The van der Waals surface area contributed by atoms with Gasteiger partial charge in [0, 0.05) is 47.6 Å². The number of carboxylic acid groups (broad SMARTS) is 1. The third kappa shape index (κ3) is 11.4. The van der Waals surface area contributed by atoms with E-state index < -0.39 is 23.8 Å². The van der Waals surface area contributed by atoms with Crippen LogP contribution in [0.5, 0.6) is 5.75 Å². The maximum absolute atomic E-state index is 13.2. The van der Waals surface area contributed by atoms with Crippen molar-refractivity contribution in [3.05, 3.63) is 101 Å². The van der Waals surface area contributed by atoms with Crippen LogP contribution in [0.1, 0.15) is 87.7 Å². The standard InChI is InChI=1S/C40H47ClN4O5/c1-5-6-7-8-9-22-50-32-18-19-33(34(41)24-32)30-25-43-37(44-26-30)28-12-10-27(11-13-28)23-35(39(49)42-21-20-36(46)47)45-38(48)29-14-16-31(17-15-29)40(2,3)4/h10-19,24-26,35H,5-9,20-23H2,1-4H3,(H,42,49)(H,45,48)(H,46,47)/t35-/m0/s1. The molecule has 0 aliphatic rings. The molecule has 3 N–H and O–H groups in total. The number of amides is 2. The lowest BCUT2D eigenvalue weighted by Gasteiger charge is -2.20. The Labute approximate surface area is 299 Å². The smallest absolute Gasteiger partial charge is 0.305 e. The second-order valence-corrected chi connectivity index (χ2v) is 13.8. The van der Waals surface area contributed by atoms with Crippen LogP contribution in [0.2, 0.25) is 5.02 Å². The zero-order valence-electron chi connectivity index (χ0n) is 29.3. The van der Waals surface area contributed by atoms with E-state index >= 15 is 0 Å². The molecular weight excluding hydrogens is 652 g/mol. The van der Waals surface area contributed by atoms with Crippen molar-refractivity contribution >= 4 is 29.4 Å². The fraction of sp³-hybridized carbons (Fsp3) is 0.375. The lowest BCUT2D eigenvalue weighted by atomic mass is 9.86. The number of hydrogen-bond acceptors (Lipinski definition) is 6. The first-order valence-electron chi connectivity index (χ1n) is 17.2. The monoisotopic (exact) mass is 698 g/mol. The van der Waals surface area contributed by atoms with E-state index in [0.717, 1.165) is 46.4 Å². The Balaban J connectivity index is 1.41. The van der Waals surface area contributed by atoms with Crippen molar-refractivity contribution in [3.8, 4) is 28.3 Å². The molecule has 0 radical (unpaired) electrons. The van der Waals surface area contributed by atoms with Crippen molar-refractivity contribution in [2.24, 2.45) is 0 Å². The minimum absolute atomic E-state index is 0.0462. The third-order valence-electron chi connectivity index (χ3n) is 8.35. The summed E-state index contributed by atoms with van der Waals surface area (Å²) in [5.41, 5.74) is 4.61. The molecule has 1 heterocycles. The molecule has 0 spiro atoms. The second kappa shape index (κ2) is 18.3. The highest BCUT2D eigenvalue weighted by molar-refractivity contribution is 6.33. The number of unbranched alkanes of at least 4 members (excludes halogenated alkanes) is 4. The van der Waals surface area contributed by atoms with Crippen molar-refractivity contribution in [1.29, 1.82) is 0 Å². The lowest BCUT2D eigenvalue weighted by molar-refractivity contribution is -0.137. The molecule has 264 valence electrons. The molecule has 1 aromatic heterocycles. The van der Waals surface area contributed by atoms with E-state index in [4.69, 9.17) is 21.4 Å². The summed E-state index contributed by atoms with van der Waals surface area (Å²) in [6.07, 6.45) is 9.30. The molecule has 0 saturated carbocycles. The van der Waals surface area contributed by atoms with Gasteiger partial charge in [0.05, 0.1) is 18.1 Å². The van der Waals surface area contributed by atoms with Crippen LogP contribution in [0, 0.1) is 0 Å². The van der Waals surface area contributed by atoms with Crippen LogP contribution in [0.3, 0.4) is 0 Å². The first kappa shape index (κ1) is 38.0. The van der Waals surface area contributed by atoms with Crippen LogP contribution >= 0.6 is 11.6 Å². The molecule has 0 bridgehead atoms. The minimum atomic E-state index is -1.02. The minimum Gasteiger partial charge on any atom is -0.494 e. The second-order valence-electron chi connectivity index (χ2n) is 13.4. The van der Waals surface area contributed by atoms with Crippen molar-refractivity contribution in [2.75, 3.05) is 13.2 Å². The van der Waals surface area contributed by atoms with Crippen LogP contribution < -0.4 is 15.4 Å². The first-order chi connectivity index (χ1) is 23.9. The van der Waals surface area contributed by atoms with E-state index in [-0.39, 0.29) is 24.8 Å². The SMILES string of the molecule is CCCCCCCOc1ccc(-c2cnc(-c3ccc(C[C@H](NC(=O)c4ccc(C(C)(C)C)cc4)C(=O)NCCC(=O)O)cc3)nc2)c(Cl)c1. The zero-order chi connectivity index (χ0) is 36.1. The van der Waals surface area contributed by atoms with Crippen molar-refractivity contribution < 1.29 is 24.2 Å². The maximum Gasteiger partial charge on any atom is 0.305 e. The number of carbonyl (C=O) groups excluding carboxylic acids is 2. The van der Waals surface area contributed by atoms with Crippen molar-refractivity contribution in [1.82, 2.24) is 20.6 Å². The number of carbonyl (C=O) groups is 3. The Bertz CT molecular complexity index is 1720. The zero-order valence-corrected chi connectivity index (χ0v) is 30.1. The van der Waals surface area contributed by atoms with E-state index in [0.29, 0.717) is 23.0 Å². The predicted molar refractivity (Wildman–Crippen MR) is 198 cm³/mol.